The lowest BCUT2D eigenvalue weighted by atomic mass is 10.2. The first-order valence-electron chi connectivity index (χ1n) is 9.13. The highest BCUT2D eigenvalue weighted by molar-refractivity contribution is 8.14. The molecule has 0 spiro atoms. The largest absolute Gasteiger partial charge is 0.337 e. The van der Waals surface area contributed by atoms with Gasteiger partial charge in [-0.15, -0.1) is 5.01 Å². The van der Waals surface area contributed by atoms with Crippen LogP contribution in [0.1, 0.15) is 13.8 Å². The second kappa shape index (κ2) is 9.48. The normalized spacial score (nSPS) is 20.3. The van der Waals surface area contributed by atoms with Crippen molar-refractivity contribution in [2.75, 3.05) is 48.0 Å². The van der Waals surface area contributed by atoms with Crippen LogP contribution in [0.15, 0.2) is 10.7 Å². The predicted molar refractivity (Wildman–Crippen MR) is 107 cm³/mol. The van der Waals surface area contributed by atoms with Crippen molar-refractivity contribution in [1.29, 1.82) is 0 Å². The number of nitrogens with one attached hydrogen (secondary N) is 2. The number of hydrogen-bond donors (Lipinski definition) is 2. The summed E-state index contributed by atoms with van der Waals surface area (Å²) in [6.07, 6.45) is 1.56. The van der Waals surface area contributed by atoms with Crippen LogP contribution in [0, 0.1) is 5.92 Å². The zero-order valence-electron chi connectivity index (χ0n) is 16.1. The number of carbonyl (C=O) groups is 4. The first-order valence-corrected chi connectivity index (χ1v) is 11.1. The van der Waals surface area contributed by atoms with Gasteiger partial charge in [0, 0.05) is 37.4 Å². The van der Waals surface area contributed by atoms with E-state index in [4.69, 9.17) is 4.52 Å². The number of hydrogen-bond acceptors (Lipinski definition) is 9. The molecule has 3 amide bonds. The Labute approximate surface area is 175 Å². The zero-order chi connectivity index (χ0) is 21.0. The molecule has 2 atom stereocenters. The summed E-state index contributed by atoms with van der Waals surface area (Å²) in [7, 11) is 0. The van der Waals surface area contributed by atoms with Crippen molar-refractivity contribution >= 4 is 51.6 Å². The molecule has 13 heteroatoms. The van der Waals surface area contributed by atoms with Gasteiger partial charge in [-0.3, -0.25) is 29.0 Å². The summed E-state index contributed by atoms with van der Waals surface area (Å²) in [5.41, 5.74) is 0. The van der Waals surface area contributed by atoms with Crippen LogP contribution in [0.5, 0.6) is 0 Å². The van der Waals surface area contributed by atoms with Gasteiger partial charge in [-0.1, -0.05) is 30.4 Å². The van der Waals surface area contributed by atoms with E-state index in [9.17, 15) is 19.2 Å². The van der Waals surface area contributed by atoms with Gasteiger partial charge < -0.3 is 10.2 Å². The van der Waals surface area contributed by atoms with E-state index in [0.717, 1.165) is 23.5 Å². The third kappa shape index (κ3) is 5.63. The molecule has 0 aromatic carbocycles. The van der Waals surface area contributed by atoms with Gasteiger partial charge in [-0.2, -0.15) is 0 Å². The van der Waals surface area contributed by atoms with Crippen LogP contribution >= 0.6 is 23.5 Å². The summed E-state index contributed by atoms with van der Waals surface area (Å²) in [5, 5.41) is 10.9. The van der Waals surface area contributed by atoms with Crippen LogP contribution in [-0.2, 0) is 14.4 Å². The number of aromatic nitrogens is 2. The van der Waals surface area contributed by atoms with E-state index in [0.29, 0.717) is 37.7 Å². The Balaban J connectivity index is 1.47. The van der Waals surface area contributed by atoms with Crippen molar-refractivity contribution in [3.05, 3.63) is 6.20 Å². The highest BCUT2D eigenvalue weighted by Gasteiger charge is 2.35. The summed E-state index contributed by atoms with van der Waals surface area (Å²) in [4.78, 5) is 50.1. The lowest BCUT2D eigenvalue weighted by Crippen LogP contribution is -2.66. The van der Waals surface area contributed by atoms with E-state index in [1.165, 1.54) is 11.7 Å². The molecule has 2 aliphatic rings. The number of thioether (sulfide) groups is 2. The molecule has 0 saturated carbocycles. The molecule has 158 valence electrons. The van der Waals surface area contributed by atoms with Gasteiger partial charge in [0.25, 0.3) is 11.4 Å². The van der Waals surface area contributed by atoms with Gasteiger partial charge in [0.15, 0.2) is 5.12 Å². The van der Waals surface area contributed by atoms with Gasteiger partial charge in [0.1, 0.15) is 6.04 Å². The van der Waals surface area contributed by atoms with Crippen LogP contribution in [0.3, 0.4) is 0 Å². The van der Waals surface area contributed by atoms with E-state index in [1.807, 2.05) is 5.01 Å². The van der Waals surface area contributed by atoms with Crippen molar-refractivity contribution in [3.63, 3.8) is 0 Å². The van der Waals surface area contributed by atoms with Crippen molar-refractivity contribution in [3.8, 4) is 0 Å². The quantitative estimate of drug-likeness (QED) is 0.555. The maximum Gasteiger partial charge on any atom is 0.305 e. The third-order valence-corrected chi connectivity index (χ3v) is 6.47. The molecular formula is C16H23N6O5S2+. The summed E-state index contributed by atoms with van der Waals surface area (Å²) in [6.45, 7) is 5.26. The van der Waals surface area contributed by atoms with Gasteiger partial charge in [0.2, 0.25) is 17.1 Å². The topological polar surface area (TPSA) is 129 Å². The molecule has 2 saturated heterocycles. The smallest absolute Gasteiger partial charge is 0.305 e. The molecule has 1 aromatic heterocycles. The molecule has 2 fully saturated rings. The summed E-state index contributed by atoms with van der Waals surface area (Å²) in [5.74, 6) is 0.380. The molecule has 2 N–H and O–H groups in total. The molecule has 0 unspecified atom stereocenters. The Bertz CT molecular complexity index is 795. The van der Waals surface area contributed by atoms with Crippen molar-refractivity contribution in [1.82, 2.24) is 15.5 Å². The standard InChI is InChI=1S/C16H22N6O5S2/c1-10(8-28-11(2)23)14(24)18-13-7-22(19-27-13)21-5-3-20(4-6-21)15(25)12-9-29-16(26)17-12/h7,10,12H,3-6,8-9H2,1-2H3,(H-,17,18,19,24,26)/p+1/t10-,12+/m1/s1. The first-order chi connectivity index (χ1) is 13.8. The Morgan fingerprint density at radius 1 is 1.41 bits per heavy atom. The summed E-state index contributed by atoms with van der Waals surface area (Å²) >= 11 is 2.22. The maximum absolute atomic E-state index is 12.4. The number of carbonyl (C=O) groups excluding carboxylic acids is 4. The fourth-order valence-electron chi connectivity index (χ4n) is 2.85. The van der Waals surface area contributed by atoms with Crippen LogP contribution in [0.2, 0.25) is 0 Å². The second-order valence-electron chi connectivity index (χ2n) is 6.75. The molecule has 29 heavy (non-hydrogen) atoms. The minimum Gasteiger partial charge on any atom is -0.337 e. The molecule has 3 heterocycles. The Morgan fingerprint density at radius 2 is 2.14 bits per heavy atom. The van der Waals surface area contributed by atoms with Crippen molar-refractivity contribution in [2.45, 2.75) is 19.9 Å². The summed E-state index contributed by atoms with van der Waals surface area (Å²) < 4.78 is 5.17. The molecule has 0 bridgehead atoms. The van der Waals surface area contributed by atoms with E-state index in [2.05, 4.69) is 15.9 Å². The maximum atomic E-state index is 12.4. The van der Waals surface area contributed by atoms with Crippen molar-refractivity contribution < 1.29 is 28.5 Å². The monoisotopic (exact) mass is 443 g/mol. The lowest BCUT2D eigenvalue weighted by molar-refractivity contribution is -0.759. The van der Waals surface area contributed by atoms with Crippen LogP contribution in [-0.4, -0.2) is 76.1 Å². The Kier molecular flexibility index (Phi) is 7.00. The van der Waals surface area contributed by atoms with Gasteiger partial charge in [-0.25, -0.2) is 0 Å². The summed E-state index contributed by atoms with van der Waals surface area (Å²) in [6, 6.07) is -0.455. The molecule has 0 radical (unpaired) electrons. The molecular weight excluding hydrogens is 420 g/mol. The van der Waals surface area contributed by atoms with Crippen LogP contribution < -0.4 is 20.4 Å². The van der Waals surface area contributed by atoms with E-state index < -0.39 is 6.04 Å². The second-order valence-corrected chi connectivity index (χ2v) is 8.94. The number of piperazine rings is 1. The molecule has 3 rings (SSSR count). The average Bonchev–Trinajstić information content (AvgIpc) is 3.34. The van der Waals surface area contributed by atoms with E-state index in [1.54, 1.807) is 18.0 Å². The molecule has 11 nitrogen and oxygen atoms in total. The third-order valence-electron chi connectivity index (χ3n) is 4.51. The molecule has 0 aliphatic carbocycles. The SMILES string of the molecule is CC(=O)SC[C@@H](C)C(=O)Nc1c[n+](N2CCN(C(=O)[C@@H]3CSC(=O)N3)CC2)no1. The van der Waals surface area contributed by atoms with Crippen molar-refractivity contribution in [2.24, 2.45) is 5.92 Å². The van der Waals surface area contributed by atoms with Crippen LogP contribution in [0.4, 0.5) is 10.7 Å². The molecule has 2 aliphatic heterocycles. The number of amides is 3. The van der Waals surface area contributed by atoms with E-state index in [-0.39, 0.29) is 34.0 Å². The lowest BCUT2D eigenvalue weighted by Gasteiger charge is -2.31. The predicted octanol–water partition coefficient (Wildman–Crippen LogP) is -0.578. The number of anilines is 1. The van der Waals surface area contributed by atoms with Gasteiger partial charge in [-0.05, 0) is 0 Å². The average molecular weight is 444 g/mol. The zero-order valence-corrected chi connectivity index (χ0v) is 17.8. The highest BCUT2D eigenvalue weighted by atomic mass is 32.2. The van der Waals surface area contributed by atoms with Gasteiger partial charge in [0.05, 0.1) is 17.9 Å². The first kappa shape index (κ1) is 21.4. The Hall–Kier alpha value is -2.28. The highest BCUT2D eigenvalue weighted by Crippen LogP contribution is 2.16. The minimum absolute atomic E-state index is 0.0335. The Morgan fingerprint density at radius 3 is 2.76 bits per heavy atom. The van der Waals surface area contributed by atoms with Crippen LogP contribution in [0.25, 0.3) is 0 Å². The molecule has 1 aromatic rings. The minimum atomic E-state index is -0.455. The number of nitrogens with zero attached hydrogens (tertiary/aromatic N) is 4. The fraction of sp³-hybridized carbons (Fsp3) is 0.625. The van der Waals surface area contributed by atoms with E-state index >= 15 is 0 Å². The van der Waals surface area contributed by atoms with Gasteiger partial charge >= 0.3 is 5.88 Å². The fourth-order valence-corrected chi connectivity index (χ4v) is 4.25. The number of rotatable bonds is 6.